The summed E-state index contributed by atoms with van der Waals surface area (Å²) in [6.45, 7) is 4.00. The largest absolute Gasteiger partial charge is 0.396 e. The van der Waals surface area contributed by atoms with Gasteiger partial charge >= 0.3 is 0 Å². The van der Waals surface area contributed by atoms with Crippen molar-refractivity contribution in [1.29, 1.82) is 0 Å². The van der Waals surface area contributed by atoms with Crippen LogP contribution in [-0.2, 0) is 0 Å². The van der Waals surface area contributed by atoms with Gasteiger partial charge in [0.2, 0.25) is 0 Å². The summed E-state index contributed by atoms with van der Waals surface area (Å²) in [6.07, 6.45) is 0. The summed E-state index contributed by atoms with van der Waals surface area (Å²) in [5.41, 5.74) is 0.296. The van der Waals surface area contributed by atoms with E-state index in [1.54, 1.807) is 13.0 Å². The first-order valence-corrected chi connectivity index (χ1v) is 5.71. The van der Waals surface area contributed by atoms with Gasteiger partial charge < -0.3 is 15.5 Å². The molecule has 0 aliphatic carbocycles. The summed E-state index contributed by atoms with van der Waals surface area (Å²) >= 11 is 0. The highest BCUT2D eigenvalue weighted by molar-refractivity contribution is 5.19. The molecule has 1 rings (SSSR count). The summed E-state index contributed by atoms with van der Waals surface area (Å²) in [5, 5.41) is 21.5. The molecule has 0 radical (unpaired) electrons. The van der Waals surface area contributed by atoms with Crippen molar-refractivity contribution < 1.29 is 14.6 Å². The van der Waals surface area contributed by atoms with Gasteiger partial charge in [0.1, 0.15) is 5.82 Å². The molecule has 0 heterocycles. The molecule has 1 atom stereocenters. The Bertz CT molecular complexity index is 353. The second kappa shape index (κ2) is 6.10. The first kappa shape index (κ1) is 14.1. The van der Waals surface area contributed by atoms with Crippen molar-refractivity contribution in [2.75, 3.05) is 19.8 Å². The molecule has 0 fully saturated rings. The van der Waals surface area contributed by atoms with E-state index in [4.69, 9.17) is 10.2 Å². The molecule has 0 spiro atoms. The van der Waals surface area contributed by atoms with Crippen LogP contribution in [0.2, 0.25) is 0 Å². The van der Waals surface area contributed by atoms with Crippen LogP contribution in [0.25, 0.3) is 0 Å². The third-order valence-corrected chi connectivity index (χ3v) is 2.95. The maximum atomic E-state index is 13.0. The molecule has 0 aromatic heterocycles. The number of aliphatic hydroxyl groups is 2. The fourth-order valence-electron chi connectivity index (χ4n) is 1.46. The second-order valence-electron chi connectivity index (χ2n) is 4.78. The van der Waals surface area contributed by atoms with E-state index in [1.807, 2.05) is 13.0 Å². The van der Waals surface area contributed by atoms with Gasteiger partial charge in [-0.2, -0.15) is 0 Å². The van der Waals surface area contributed by atoms with E-state index in [2.05, 4.69) is 5.32 Å². The van der Waals surface area contributed by atoms with E-state index in [0.717, 1.165) is 5.56 Å². The van der Waals surface area contributed by atoms with Crippen molar-refractivity contribution in [1.82, 2.24) is 5.32 Å². The van der Waals surface area contributed by atoms with Crippen molar-refractivity contribution in [3.63, 3.8) is 0 Å². The smallest absolute Gasteiger partial charge is 0.123 e. The molecule has 0 amide bonds. The molecule has 0 saturated heterocycles. The van der Waals surface area contributed by atoms with Crippen LogP contribution in [-0.4, -0.2) is 30.0 Å². The Morgan fingerprint density at radius 2 is 2.00 bits per heavy atom. The highest BCUT2D eigenvalue weighted by Crippen LogP contribution is 2.17. The topological polar surface area (TPSA) is 52.5 Å². The van der Waals surface area contributed by atoms with E-state index in [0.29, 0.717) is 6.54 Å². The monoisotopic (exact) mass is 241 g/mol. The fourth-order valence-corrected chi connectivity index (χ4v) is 1.46. The first-order valence-electron chi connectivity index (χ1n) is 5.71. The van der Waals surface area contributed by atoms with Crippen molar-refractivity contribution in [3.8, 4) is 0 Å². The SMILES string of the molecule is CC(NCC(C)(CO)CO)c1cccc(F)c1. The lowest BCUT2D eigenvalue weighted by atomic mass is 9.92. The molecule has 96 valence electrons. The molecule has 1 aromatic carbocycles. The van der Waals surface area contributed by atoms with Gasteiger partial charge in [0.15, 0.2) is 0 Å². The summed E-state index contributed by atoms with van der Waals surface area (Å²) in [4.78, 5) is 0. The average molecular weight is 241 g/mol. The summed E-state index contributed by atoms with van der Waals surface area (Å²) in [6, 6.07) is 6.37. The predicted octanol–water partition coefficient (Wildman–Crippen LogP) is 1.47. The molecule has 1 aromatic rings. The van der Waals surface area contributed by atoms with Crippen LogP contribution >= 0.6 is 0 Å². The first-order chi connectivity index (χ1) is 8.00. The molecule has 3 N–H and O–H groups in total. The van der Waals surface area contributed by atoms with Crippen LogP contribution < -0.4 is 5.32 Å². The zero-order valence-electron chi connectivity index (χ0n) is 10.3. The third kappa shape index (κ3) is 4.07. The zero-order valence-corrected chi connectivity index (χ0v) is 10.3. The molecule has 0 saturated carbocycles. The molecular formula is C13H20FNO2. The minimum Gasteiger partial charge on any atom is -0.396 e. The predicted molar refractivity (Wildman–Crippen MR) is 65.1 cm³/mol. The van der Waals surface area contributed by atoms with Crippen LogP contribution in [0.3, 0.4) is 0 Å². The van der Waals surface area contributed by atoms with E-state index in [-0.39, 0.29) is 25.1 Å². The number of benzene rings is 1. The molecule has 17 heavy (non-hydrogen) atoms. The van der Waals surface area contributed by atoms with Crippen LogP contribution in [0.4, 0.5) is 4.39 Å². The lowest BCUT2D eigenvalue weighted by Gasteiger charge is -2.27. The molecule has 0 aliphatic rings. The molecule has 4 heteroatoms. The van der Waals surface area contributed by atoms with Gasteiger partial charge in [0.05, 0.1) is 13.2 Å². The van der Waals surface area contributed by atoms with Crippen LogP contribution in [0.1, 0.15) is 25.5 Å². The highest BCUT2D eigenvalue weighted by atomic mass is 19.1. The molecule has 0 bridgehead atoms. The number of hydrogen-bond acceptors (Lipinski definition) is 3. The van der Waals surface area contributed by atoms with E-state index in [9.17, 15) is 4.39 Å². The van der Waals surface area contributed by atoms with Crippen molar-refractivity contribution in [2.24, 2.45) is 5.41 Å². The summed E-state index contributed by atoms with van der Waals surface area (Å²) in [7, 11) is 0. The second-order valence-corrected chi connectivity index (χ2v) is 4.78. The lowest BCUT2D eigenvalue weighted by Crippen LogP contribution is -2.38. The van der Waals surface area contributed by atoms with E-state index >= 15 is 0 Å². The number of aliphatic hydroxyl groups excluding tert-OH is 2. The Hall–Kier alpha value is -0.970. The maximum absolute atomic E-state index is 13.0. The minimum atomic E-state index is -0.554. The fraction of sp³-hybridized carbons (Fsp3) is 0.538. The highest BCUT2D eigenvalue weighted by Gasteiger charge is 2.23. The molecular weight excluding hydrogens is 221 g/mol. The van der Waals surface area contributed by atoms with Crippen LogP contribution in [0.15, 0.2) is 24.3 Å². The van der Waals surface area contributed by atoms with Crippen LogP contribution in [0.5, 0.6) is 0 Å². The summed E-state index contributed by atoms with van der Waals surface area (Å²) in [5.74, 6) is -0.261. The van der Waals surface area contributed by atoms with Gasteiger partial charge in [-0.3, -0.25) is 0 Å². The maximum Gasteiger partial charge on any atom is 0.123 e. The third-order valence-electron chi connectivity index (χ3n) is 2.95. The van der Waals surface area contributed by atoms with Gasteiger partial charge in [0.25, 0.3) is 0 Å². The summed E-state index contributed by atoms with van der Waals surface area (Å²) < 4.78 is 13.0. The van der Waals surface area contributed by atoms with Crippen molar-refractivity contribution in [3.05, 3.63) is 35.6 Å². The minimum absolute atomic E-state index is 0.0249. The number of halogens is 1. The Kier molecular flexibility index (Phi) is 5.05. The van der Waals surface area contributed by atoms with Gasteiger partial charge in [-0.1, -0.05) is 19.1 Å². The number of rotatable bonds is 6. The Labute approximate surface area is 101 Å². The van der Waals surface area contributed by atoms with Gasteiger partial charge in [-0.05, 0) is 24.6 Å². The molecule has 1 unspecified atom stereocenters. The standard InChI is InChI=1S/C13H20FNO2/c1-10(11-4-3-5-12(14)6-11)15-7-13(2,8-16)9-17/h3-6,10,15-17H,7-9H2,1-2H3. The van der Waals surface area contributed by atoms with Gasteiger partial charge in [-0.15, -0.1) is 0 Å². The Balaban J connectivity index is 2.58. The lowest BCUT2D eigenvalue weighted by molar-refractivity contribution is 0.0677. The Morgan fingerprint density at radius 1 is 1.35 bits per heavy atom. The van der Waals surface area contributed by atoms with Gasteiger partial charge in [-0.25, -0.2) is 4.39 Å². The number of hydrogen-bond donors (Lipinski definition) is 3. The molecule has 0 aliphatic heterocycles. The zero-order chi connectivity index (χ0) is 12.9. The van der Waals surface area contributed by atoms with Crippen molar-refractivity contribution >= 4 is 0 Å². The normalized spacial score (nSPS) is 13.7. The molecule has 3 nitrogen and oxygen atoms in total. The quantitative estimate of drug-likeness (QED) is 0.707. The average Bonchev–Trinajstić information content (AvgIpc) is 2.35. The van der Waals surface area contributed by atoms with E-state index < -0.39 is 5.41 Å². The van der Waals surface area contributed by atoms with Gasteiger partial charge in [0, 0.05) is 18.0 Å². The van der Waals surface area contributed by atoms with E-state index in [1.165, 1.54) is 12.1 Å². The van der Waals surface area contributed by atoms with Crippen LogP contribution in [0, 0.1) is 11.2 Å². The Morgan fingerprint density at radius 3 is 2.53 bits per heavy atom. The number of nitrogens with one attached hydrogen (secondary N) is 1. The van der Waals surface area contributed by atoms with Crippen molar-refractivity contribution in [2.45, 2.75) is 19.9 Å².